The number of benzene rings is 2. The first-order valence-corrected chi connectivity index (χ1v) is 10.8. The summed E-state index contributed by atoms with van der Waals surface area (Å²) in [6.45, 7) is 2.66. The normalized spacial score (nSPS) is 20.4. The van der Waals surface area contributed by atoms with Crippen LogP contribution in [0.4, 0.5) is 0 Å². The predicted octanol–water partition coefficient (Wildman–Crippen LogP) is 3.34. The average molecular weight is 411 g/mol. The van der Waals surface area contributed by atoms with Gasteiger partial charge in [0.05, 0.1) is 19.1 Å². The second kappa shape index (κ2) is 9.04. The summed E-state index contributed by atoms with van der Waals surface area (Å²) in [7, 11) is 3.37. The standard InChI is InChI=1S/C24H30N2O4/c1-29-18-11-14-25(15-12-18)23(27)17-6-5-13-26(16-17)24(28)21-9-10-22(30-2)20-8-4-3-7-19(20)21/h3-4,7-10,17-18H,5-6,11-16H2,1-2H3. The SMILES string of the molecule is COc1ccc(C(=O)N2CCCC(C(=O)N3CCC(OC)CC3)C2)c2ccccc12. The van der Waals surface area contributed by atoms with Crippen molar-refractivity contribution in [1.29, 1.82) is 0 Å². The number of ether oxygens (including phenoxy) is 2. The molecule has 2 amide bonds. The molecule has 0 N–H and O–H groups in total. The number of carbonyl (C=O) groups is 2. The lowest BCUT2D eigenvalue weighted by molar-refractivity contribution is -0.139. The van der Waals surface area contributed by atoms with Crippen molar-refractivity contribution in [2.75, 3.05) is 40.4 Å². The van der Waals surface area contributed by atoms with E-state index in [0.717, 1.165) is 55.3 Å². The van der Waals surface area contributed by atoms with Gasteiger partial charge in [0.15, 0.2) is 0 Å². The van der Waals surface area contributed by atoms with Crippen molar-refractivity contribution in [3.05, 3.63) is 42.0 Å². The lowest BCUT2D eigenvalue weighted by Crippen LogP contribution is -2.49. The van der Waals surface area contributed by atoms with Gasteiger partial charge >= 0.3 is 0 Å². The molecule has 0 saturated carbocycles. The highest BCUT2D eigenvalue weighted by Crippen LogP contribution is 2.30. The van der Waals surface area contributed by atoms with Gasteiger partial charge in [0.1, 0.15) is 5.75 Å². The molecule has 2 aromatic carbocycles. The fraction of sp³-hybridized carbons (Fsp3) is 0.500. The van der Waals surface area contributed by atoms with Crippen molar-refractivity contribution in [2.24, 2.45) is 5.92 Å². The van der Waals surface area contributed by atoms with E-state index < -0.39 is 0 Å². The minimum atomic E-state index is -0.119. The lowest BCUT2D eigenvalue weighted by atomic mass is 9.94. The van der Waals surface area contributed by atoms with Crippen LogP contribution in [0.2, 0.25) is 0 Å². The van der Waals surface area contributed by atoms with Crippen LogP contribution in [0.15, 0.2) is 36.4 Å². The van der Waals surface area contributed by atoms with Gasteiger partial charge in [0, 0.05) is 44.2 Å². The van der Waals surface area contributed by atoms with E-state index in [1.807, 2.05) is 46.2 Å². The molecule has 2 heterocycles. The van der Waals surface area contributed by atoms with E-state index in [1.165, 1.54) is 0 Å². The van der Waals surface area contributed by atoms with E-state index in [1.54, 1.807) is 14.2 Å². The van der Waals surface area contributed by atoms with Crippen LogP contribution in [0.3, 0.4) is 0 Å². The molecule has 2 aromatic rings. The number of hydrogen-bond acceptors (Lipinski definition) is 4. The molecule has 2 fully saturated rings. The number of amides is 2. The van der Waals surface area contributed by atoms with Gasteiger partial charge in [0.25, 0.3) is 5.91 Å². The Balaban J connectivity index is 1.49. The summed E-state index contributed by atoms with van der Waals surface area (Å²) in [5.41, 5.74) is 0.667. The van der Waals surface area contributed by atoms with Gasteiger partial charge in [-0.25, -0.2) is 0 Å². The van der Waals surface area contributed by atoms with Crippen LogP contribution < -0.4 is 4.74 Å². The largest absolute Gasteiger partial charge is 0.496 e. The molecule has 2 saturated heterocycles. The molecular weight excluding hydrogens is 380 g/mol. The van der Waals surface area contributed by atoms with Crippen molar-refractivity contribution in [3.63, 3.8) is 0 Å². The van der Waals surface area contributed by atoms with Gasteiger partial charge in [-0.3, -0.25) is 9.59 Å². The minimum absolute atomic E-state index is 0.00977. The summed E-state index contributed by atoms with van der Waals surface area (Å²) in [4.78, 5) is 30.3. The summed E-state index contributed by atoms with van der Waals surface area (Å²) in [5, 5.41) is 1.81. The summed E-state index contributed by atoms with van der Waals surface area (Å²) in [6.07, 6.45) is 3.72. The quantitative estimate of drug-likeness (QED) is 0.776. The van der Waals surface area contributed by atoms with Crippen molar-refractivity contribution in [3.8, 4) is 5.75 Å². The molecule has 0 spiro atoms. The number of carbonyl (C=O) groups excluding carboxylic acids is 2. The molecule has 0 aliphatic carbocycles. The average Bonchev–Trinajstić information content (AvgIpc) is 2.82. The van der Waals surface area contributed by atoms with Crippen molar-refractivity contribution < 1.29 is 19.1 Å². The number of rotatable bonds is 4. The Bertz CT molecular complexity index is 921. The summed E-state index contributed by atoms with van der Waals surface area (Å²) >= 11 is 0. The third-order valence-corrected chi connectivity index (χ3v) is 6.48. The molecule has 6 heteroatoms. The number of likely N-dealkylation sites (tertiary alicyclic amines) is 2. The number of piperidine rings is 2. The van der Waals surface area contributed by atoms with Crippen LogP contribution in [0.5, 0.6) is 5.75 Å². The maximum Gasteiger partial charge on any atom is 0.254 e. The Morgan fingerprint density at radius 3 is 2.33 bits per heavy atom. The fourth-order valence-electron chi connectivity index (χ4n) is 4.74. The second-order valence-electron chi connectivity index (χ2n) is 8.21. The molecule has 2 aliphatic heterocycles. The van der Waals surface area contributed by atoms with Crippen molar-refractivity contribution >= 4 is 22.6 Å². The van der Waals surface area contributed by atoms with Gasteiger partial charge in [-0.15, -0.1) is 0 Å². The Kier molecular flexibility index (Phi) is 6.23. The number of methoxy groups -OCH3 is 2. The van der Waals surface area contributed by atoms with E-state index in [-0.39, 0.29) is 23.8 Å². The van der Waals surface area contributed by atoms with Crippen molar-refractivity contribution in [1.82, 2.24) is 9.80 Å². The monoisotopic (exact) mass is 410 g/mol. The highest BCUT2D eigenvalue weighted by molar-refractivity contribution is 6.08. The lowest BCUT2D eigenvalue weighted by Gasteiger charge is -2.37. The topological polar surface area (TPSA) is 59.1 Å². The van der Waals surface area contributed by atoms with E-state index >= 15 is 0 Å². The molecule has 1 atom stereocenters. The Hall–Kier alpha value is -2.60. The van der Waals surface area contributed by atoms with Crippen LogP contribution in [0.1, 0.15) is 36.0 Å². The third kappa shape index (κ3) is 4.01. The molecule has 4 rings (SSSR count). The van der Waals surface area contributed by atoms with E-state index in [4.69, 9.17) is 9.47 Å². The van der Waals surface area contributed by atoms with Gasteiger partial charge in [-0.05, 0) is 43.2 Å². The maximum absolute atomic E-state index is 13.4. The van der Waals surface area contributed by atoms with Crippen LogP contribution in [0.25, 0.3) is 10.8 Å². The zero-order valence-corrected chi connectivity index (χ0v) is 17.8. The van der Waals surface area contributed by atoms with Crippen LogP contribution in [-0.2, 0) is 9.53 Å². The summed E-state index contributed by atoms with van der Waals surface area (Å²) in [6, 6.07) is 11.5. The van der Waals surface area contributed by atoms with Gasteiger partial charge < -0.3 is 19.3 Å². The van der Waals surface area contributed by atoms with E-state index in [2.05, 4.69) is 0 Å². The second-order valence-corrected chi connectivity index (χ2v) is 8.21. The Morgan fingerprint density at radius 1 is 0.900 bits per heavy atom. The highest BCUT2D eigenvalue weighted by atomic mass is 16.5. The molecule has 160 valence electrons. The molecule has 30 heavy (non-hydrogen) atoms. The van der Waals surface area contributed by atoms with Crippen LogP contribution >= 0.6 is 0 Å². The number of hydrogen-bond donors (Lipinski definition) is 0. The fourth-order valence-corrected chi connectivity index (χ4v) is 4.74. The zero-order chi connectivity index (χ0) is 21.1. The first kappa shape index (κ1) is 20.7. The molecule has 0 bridgehead atoms. The molecule has 1 unspecified atom stereocenters. The zero-order valence-electron chi connectivity index (χ0n) is 17.8. The number of fused-ring (bicyclic) bond motifs is 1. The smallest absolute Gasteiger partial charge is 0.254 e. The van der Waals surface area contributed by atoms with Gasteiger partial charge in [-0.2, -0.15) is 0 Å². The van der Waals surface area contributed by atoms with Gasteiger partial charge in [0.2, 0.25) is 5.91 Å². The molecule has 6 nitrogen and oxygen atoms in total. The molecule has 0 radical (unpaired) electrons. The van der Waals surface area contributed by atoms with E-state index in [9.17, 15) is 9.59 Å². The minimum Gasteiger partial charge on any atom is -0.496 e. The summed E-state index contributed by atoms with van der Waals surface area (Å²) < 4.78 is 10.9. The maximum atomic E-state index is 13.4. The summed E-state index contributed by atoms with van der Waals surface area (Å²) in [5.74, 6) is 0.811. The Morgan fingerprint density at radius 2 is 1.63 bits per heavy atom. The predicted molar refractivity (Wildman–Crippen MR) is 116 cm³/mol. The Labute approximate surface area is 177 Å². The van der Waals surface area contributed by atoms with Crippen LogP contribution in [0, 0.1) is 5.92 Å². The first-order valence-electron chi connectivity index (χ1n) is 10.8. The number of nitrogens with zero attached hydrogens (tertiary/aromatic N) is 2. The molecular formula is C24H30N2O4. The molecule has 0 aromatic heterocycles. The molecule has 2 aliphatic rings. The van der Waals surface area contributed by atoms with E-state index in [0.29, 0.717) is 18.7 Å². The van der Waals surface area contributed by atoms with Gasteiger partial charge in [-0.1, -0.05) is 24.3 Å². The third-order valence-electron chi connectivity index (χ3n) is 6.48. The highest BCUT2D eigenvalue weighted by Gasteiger charge is 2.33. The first-order chi connectivity index (χ1) is 14.6. The van der Waals surface area contributed by atoms with Crippen molar-refractivity contribution in [2.45, 2.75) is 31.8 Å². The van der Waals surface area contributed by atoms with Crippen LogP contribution in [-0.4, -0.2) is 68.1 Å².